The Hall–Kier alpha value is -1.56. The van der Waals surface area contributed by atoms with Gasteiger partial charge in [0.1, 0.15) is 5.69 Å². The fourth-order valence-electron chi connectivity index (χ4n) is 1.47. The minimum atomic E-state index is 0.496. The van der Waals surface area contributed by atoms with E-state index in [0.717, 1.165) is 0 Å². The lowest BCUT2D eigenvalue weighted by Gasteiger charge is -2.10. The van der Waals surface area contributed by atoms with Gasteiger partial charge < -0.3 is 10.6 Å². The summed E-state index contributed by atoms with van der Waals surface area (Å²) in [5, 5.41) is 15.4. The van der Waals surface area contributed by atoms with Crippen LogP contribution in [0.4, 0.5) is 17.5 Å². The van der Waals surface area contributed by atoms with E-state index in [1.807, 2.05) is 0 Å². The molecule has 86 valence electrons. The highest BCUT2D eigenvalue weighted by Crippen LogP contribution is 2.29. The van der Waals surface area contributed by atoms with E-state index in [-0.39, 0.29) is 0 Å². The van der Waals surface area contributed by atoms with Gasteiger partial charge in [-0.3, -0.25) is 10.7 Å². The molecule has 4 N–H and O–H groups in total. The van der Waals surface area contributed by atoms with E-state index in [0.29, 0.717) is 29.5 Å². The van der Waals surface area contributed by atoms with Gasteiger partial charge in [0.05, 0.1) is 6.20 Å². The molecule has 0 bridgehead atoms. The third kappa shape index (κ3) is 2.16. The second kappa shape index (κ2) is 3.79. The normalized spacial score (nSPS) is 19.3. The fourth-order valence-corrected chi connectivity index (χ4v) is 1.47. The molecule has 0 spiro atoms. The van der Waals surface area contributed by atoms with E-state index in [4.69, 9.17) is 5.21 Å². The van der Waals surface area contributed by atoms with Crippen LogP contribution in [0.3, 0.4) is 0 Å². The van der Waals surface area contributed by atoms with Gasteiger partial charge in [0.2, 0.25) is 5.95 Å². The van der Waals surface area contributed by atoms with Crippen molar-refractivity contribution in [3.8, 4) is 0 Å². The van der Waals surface area contributed by atoms with Gasteiger partial charge in [-0.1, -0.05) is 0 Å². The van der Waals surface area contributed by atoms with Crippen LogP contribution in [0.5, 0.6) is 0 Å². The van der Waals surface area contributed by atoms with Crippen molar-refractivity contribution in [1.29, 1.82) is 0 Å². The number of hydrogen-bond donors (Lipinski definition) is 4. The largest absolute Gasteiger partial charge is 0.365 e. The maximum atomic E-state index is 8.95. The molecule has 6 nitrogen and oxygen atoms in total. The van der Waals surface area contributed by atoms with Gasteiger partial charge in [-0.25, -0.2) is 4.98 Å². The fraction of sp³-hybridized carbons (Fsp3) is 0.600. The number of nitrogens with zero attached hydrogens (tertiary/aromatic N) is 2. The van der Waals surface area contributed by atoms with Crippen molar-refractivity contribution >= 4 is 17.5 Å². The summed E-state index contributed by atoms with van der Waals surface area (Å²) >= 11 is 0. The van der Waals surface area contributed by atoms with E-state index in [9.17, 15) is 0 Å². The molecule has 0 aromatic carbocycles. The zero-order valence-electron chi connectivity index (χ0n) is 8.90. The van der Waals surface area contributed by atoms with Crippen LogP contribution in [0, 0.1) is 0 Å². The van der Waals surface area contributed by atoms with Gasteiger partial charge in [0, 0.05) is 12.1 Å². The second-order valence-electron chi connectivity index (χ2n) is 4.40. The van der Waals surface area contributed by atoms with Crippen molar-refractivity contribution in [3.05, 3.63) is 6.20 Å². The SMILES string of the molecule is ONc1cnc(NC2CC2)nc1NC1CC1. The lowest BCUT2D eigenvalue weighted by molar-refractivity contribution is 0.388. The maximum Gasteiger partial charge on any atom is 0.224 e. The van der Waals surface area contributed by atoms with Gasteiger partial charge >= 0.3 is 0 Å². The highest BCUT2D eigenvalue weighted by molar-refractivity contribution is 5.64. The van der Waals surface area contributed by atoms with Crippen LogP contribution < -0.4 is 16.1 Å². The summed E-state index contributed by atoms with van der Waals surface area (Å²) in [5.74, 6) is 1.30. The summed E-state index contributed by atoms with van der Waals surface area (Å²) < 4.78 is 0. The topological polar surface area (TPSA) is 82.1 Å². The van der Waals surface area contributed by atoms with E-state index in [1.165, 1.54) is 25.7 Å². The predicted molar refractivity (Wildman–Crippen MR) is 60.7 cm³/mol. The summed E-state index contributed by atoms with van der Waals surface area (Å²) in [6, 6.07) is 1.03. The number of rotatable bonds is 5. The average Bonchev–Trinajstić information content (AvgIpc) is 3.14. The molecule has 0 amide bonds. The van der Waals surface area contributed by atoms with Crippen molar-refractivity contribution in [3.63, 3.8) is 0 Å². The van der Waals surface area contributed by atoms with Crippen molar-refractivity contribution in [2.45, 2.75) is 37.8 Å². The quantitative estimate of drug-likeness (QED) is 0.563. The number of anilines is 3. The smallest absolute Gasteiger partial charge is 0.224 e. The van der Waals surface area contributed by atoms with E-state index in [2.05, 4.69) is 26.1 Å². The third-order valence-corrected chi connectivity index (χ3v) is 2.74. The molecule has 2 fully saturated rings. The van der Waals surface area contributed by atoms with Gasteiger partial charge in [-0.05, 0) is 25.7 Å². The predicted octanol–water partition coefficient (Wildman–Crippen LogP) is 1.43. The molecular formula is C10H15N5O. The summed E-state index contributed by atoms with van der Waals surface area (Å²) in [6.45, 7) is 0. The molecule has 1 heterocycles. The van der Waals surface area contributed by atoms with Gasteiger partial charge in [-0.15, -0.1) is 0 Å². The van der Waals surface area contributed by atoms with Crippen molar-refractivity contribution in [2.75, 3.05) is 16.1 Å². The van der Waals surface area contributed by atoms with E-state index < -0.39 is 0 Å². The van der Waals surface area contributed by atoms with Gasteiger partial charge in [-0.2, -0.15) is 4.98 Å². The maximum absolute atomic E-state index is 8.95. The molecule has 0 saturated heterocycles. The first-order valence-electron chi connectivity index (χ1n) is 5.65. The Balaban J connectivity index is 1.78. The van der Waals surface area contributed by atoms with E-state index >= 15 is 0 Å². The Labute approximate surface area is 93.4 Å². The third-order valence-electron chi connectivity index (χ3n) is 2.74. The van der Waals surface area contributed by atoms with Crippen LogP contribution in [-0.2, 0) is 0 Å². The molecule has 0 atom stereocenters. The van der Waals surface area contributed by atoms with E-state index in [1.54, 1.807) is 6.20 Å². The Kier molecular flexibility index (Phi) is 2.28. The summed E-state index contributed by atoms with van der Waals surface area (Å²) in [7, 11) is 0. The highest BCUT2D eigenvalue weighted by Gasteiger charge is 2.25. The molecular weight excluding hydrogens is 206 g/mol. The van der Waals surface area contributed by atoms with Gasteiger partial charge in [0.15, 0.2) is 5.82 Å². The van der Waals surface area contributed by atoms with Crippen LogP contribution in [0.2, 0.25) is 0 Å². The van der Waals surface area contributed by atoms with Crippen LogP contribution >= 0.6 is 0 Å². The standard InChI is InChI=1S/C10H15N5O/c16-15-8-5-11-10(13-7-3-4-7)14-9(8)12-6-1-2-6/h5-7,15-16H,1-4H2,(H2,11,12,13,14). The summed E-state index contributed by atoms with van der Waals surface area (Å²) in [5.41, 5.74) is 2.63. The Morgan fingerprint density at radius 3 is 2.44 bits per heavy atom. The molecule has 1 aromatic rings. The van der Waals surface area contributed by atoms with Crippen LogP contribution in [0.1, 0.15) is 25.7 Å². The summed E-state index contributed by atoms with van der Waals surface area (Å²) in [4.78, 5) is 8.48. The molecule has 0 unspecified atom stereocenters. The lowest BCUT2D eigenvalue weighted by atomic mass is 10.4. The molecule has 2 saturated carbocycles. The average molecular weight is 221 g/mol. The molecule has 0 aliphatic heterocycles. The molecule has 0 radical (unpaired) electrons. The molecule has 16 heavy (non-hydrogen) atoms. The minimum absolute atomic E-state index is 0.496. The second-order valence-corrected chi connectivity index (χ2v) is 4.40. The molecule has 3 rings (SSSR count). The first kappa shape index (κ1) is 9.65. The van der Waals surface area contributed by atoms with Crippen molar-refractivity contribution in [2.24, 2.45) is 0 Å². The molecule has 2 aliphatic carbocycles. The monoisotopic (exact) mass is 221 g/mol. The molecule has 2 aliphatic rings. The Bertz CT molecular complexity index is 389. The van der Waals surface area contributed by atoms with Gasteiger partial charge in [0.25, 0.3) is 0 Å². The van der Waals surface area contributed by atoms with Crippen molar-refractivity contribution < 1.29 is 5.21 Å². The number of aromatic nitrogens is 2. The lowest BCUT2D eigenvalue weighted by Crippen LogP contribution is -2.11. The van der Waals surface area contributed by atoms with Crippen LogP contribution in [0.25, 0.3) is 0 Å². The number of nitrogens with one attached hydrogen (secondary N) is 3. The number of hydrogen-bond acceptors (Lipinski definition) is 6. The molecule has 6 heteroatoms. The zero-order chi connectivity index (χ0) is 11.0. The first-order valence-corrected chi connectivity index (χ1v) is 5.65. The first-order chi connectivity index (χ1) is 7.85. The molecule has 1 aromatic heterocycles. The summed E-state index contributed by atoms with van der Waals surface area (Å²) in [6.07, 6.45) is 6.30. The van der Waals surface area contributed by atoms with Crippen LogP contribution in [0.15, 0.2) is 6.20 Å². The van der Waals surface area contributed by atoms with Crippen molar-refractivity contribution in [1.82, 2.24) is 9.97 Å². The Morgan fingerprint density at radius 2 is 1.81 bits per heavy atom. The van der Waals surface area contributed by atoms with Crippen LogP contribution in [-0.4, -0.2) is 27.3 Å². The Morgan fingerprint density at radius 1 is 1.12 bits per heavy atom. The minimum Gasteiger partial charge on any atom is -0.365 e. The highest BCUT2D eigenvalue weighted by atomic mass is 16.5. The zero-order valence-corrected chi connectivity index (χ0v) is 8.90.